The first-order valence-electron chi connectivity index (χ1n) is 11.2. The predicted octanol–water partition coefficient (Wildman–Crippen LogP) is 4.25. The van der Waals surface area contributed by atoms with Gasteiger partial charge in [0.25, 0.3) is 0 Å². The van der Waals surface area contributed by atoms with E-state index in [-0.39, 0.29) is 17.7 Å². The molecule has 1 aromatic carbocycles. The summed E-state index contributed by atoms with van der Waals surface area (Å²) in [5, 5.41) is 6.46. The number of aromatic nitrogens is 2. The number of rotatable bonds is 5. The van der Waals surface area contributed by atoms with Crippen LogP contribution < -0.4 is 16.0 Å². The van der Waals surface area contributed by atoms with E-state index in [0.717, 1.165) is 43.2 Å². The zero-order valence-electron chi connectivity index (χ0n) is 18.6. The molecule has 1 aliphatic carbocycles. The Hall–Kier alpha value is -3.30. The predicted molar refractivity (Wildman–Crippen MR) is 121 cm³/mol. The Morgan fingerprint density at radius 1 is 1.12 bits per heavy atom. The number of aryl methyl sites for hydroxylation is 1. The van der Waals surface area contributed by atoms with Crippen molar-refractivity contribution in [2.45, 2.75) is 57.5 Å². The first kappa shape index (κ1) is 22.9. The maximum absolute atomic E-state index is 14.5. The standard InChI is InChI=1S/C23H28F2N6O2/c1-14-12-27-23(28-13-14)31-10-8-17(9-11-31)33-30-16-4-2-15(3-5-16)18-6-7-19(29-22(26)32)21(25)20(18)24/h6-7,12-13,15,17H,2-5,8-11H2,1H3,(H3,26,29,32). The highest BCUT2D eigenvalue weighted by molar-refractivity contribution is 5.88. The third-order valence-electron chi connectivity index (χ3n) is 6.20. The molecule has 0 unspecified atom stereocenters. The monoisotopic (exact) mass is 458 g/mol. The van der Waals surface area contributed by atoms with Gasteiger partial charge in [-0.1, -0.05) is 11.2 Å². The van der Waals surface area contributed by atoms with Crippen LogP contribution in [0.3, 0.4) is 0 Å². The zero-order valence-corrected chi connectivity index (χ0v) is 18.6. The van der Waals surface area contributed by atoms with E-state index in [1.807, 2.05) is 19.3 Å². The van der Waals surface area contributed by atoms with Gasteiger partial charge >= 0.3 is 6.03 Å². The molecule has 1 aromatic heterocycles. The number of hydrogen-bond acceptors (Lipinski definition) is 6. The van der Waals surface area contributed by atoms with Crippen molar-refractivity contribution in [3.8, 4) is 0 Å². The number of piperidine rings is 1. The van der Waals surface area contributed by atoms with Gasteiger partial charge < -0.3 is 20.8 Å². The lowest BCUT2D eigenvalue weighted by molar-refractivity contribution is 0.0406. The van der Waals surface area contributed by atoms with Crippen molar-refractivity contribution in [2.75, 3.05) is 23.3 Å². The summed E-state index contributed by atoms with van der Waals surface area (Å²) < 4.78 is 28.8. The molecule has 1 saturated carbocycles. The third kappa shape index (κ3) is 5.55. The molecule has 2 amide bonds. The number of nitrogens with zero attached hydrogens (tertiary/aromatic N) is 4. The van der Waals surface area contributed by atoms with Gasteiger partial charge in [0, 0.05) is 38.3 Å². The Balaban J connectivity index is 1.26. The molecular weight excluding hydrogens is 430 g/mol. The Morgan fingerprint density at radius 3 is 2.42 bits per heavy atom. The second-order valence-corrected chi connectivity index (χ2v) is 8.60. The lowest BCUT2D eigenvalue weighted by atomic mass is 9.83. The van der Waals surface area contributed by atoms with Crippen LogP contribution >= 0.6 is 0 Å². The molecule has 2 fully saturated rings. The minimum atomic E-state index is -1.09. The van der Waals surface area contributed by atoms with Gasteiger partial charge in [-0.25, -0.2) is 23.5 Å². The molecule has 0 atom stereocenters. The summed E-state index contributed by atoms with van der Waals surface area (Å²) in [7, 11) is 0. The van der Waals surface area contributed by atoms with Crippen molar-refractivity contribution in [1.82, 2.24) is 9.97 Å². The van der Waals surface area contributed by atoms with Gasteiger partial charge in [0.15, 0.2) is 11.6 Å². The van der Waals surface area contributed by atoms with Crippen LogP contribution in [-0.2, 0) is 4.84 Å². The van der Waals surface area contributed by atoms with Gasteiger partial charge in [-0.15, -0.1) is 0 Å². The summed E-state index contributed by atoms with van der Waals surface area (Å²) in [5.41, 5.74) is 7.03. The Kier molecular flexibility index (Phi) is 7.00. The van der Waals surface area contributed by atoms with E-state index in [0.29, 0.717) is 31.2 Å². The van der Waals surface area contributed by atoms with Crippen LogP contribution in [0.15, 0.2) is 29.7 Å². The number of benzene rings is 1. The number of carbonyl (C=O) groups excluding carboxylic acids is 1. The van der Waals surface area contributed by atoms with Gasteiger partial charge in [0.2, 0.25) is 5.95 Å². The van der Waals surface area contributed by atoms with E-state index >= 15 is 0 Å². The number of primary amides is 1. The number of nitrogens with two attached hydrogens (primary N) is 1. The summed E-state index contributed by atoms with van der Waals surface area (Å²) in [4.78, 5) is 27.6. The molecule has 4 rings (SSSR count). The summed E-state index contributed by atoms with van der Waals surface area (Å²) in [5.74, 6) is -1.40. The summed E-state index contributed by atoms with van der Waals surface area (Å²) in [6, 6.07) is 1.92. The van der Waals surface area contributed by atoms with Crippen LogP contribution in [0.5, 0.6) is 0 Å². The lowest BCUT2D eigenvalue weighted by Gasteiger charge is -2.31. The number of anilines is 2. The van der Waals surface area contributed by atoms with Gasteiger partial charge in [0.05, 0.1) is 11.4 Å². The smallest absolute Gasteiger partial charge is 0.316 e. The highest BCUT2D eigenvalue weighted by atomic mass is 19.2. The zero-order chi connectivity index (χ0) is 23.4. The van der Waals surface area contributed by atoms with Crippen LogP contribution in [0.4, 0.5) is 25.2 Å². The maximum atomic E-state index is 14.5. The summed E-state index contributed by atoms with van der Waals surface area (Å²) in [6.45, 7) is 3.59. The molecule has 0 spiro atoms. The van der Waals surface area contributed by atoms with Crippen molar-refractivity contribution in [2.24, 2.45) is 10.9 Å². The number of urea groups is 1. The van der Waals surface area contributed by atoms with E-state index in [9.17, 15) is 13.6 Å². The topological polar surface area (TPSA) is 106 Å². The Labute approximate surface area is 191 Å². The highest BCUT2D eigenvalue weighted by Gasteiger charge is 2.26. The molecule has 3 N–H and O–H groups in total. The molecular formula is C23H28F2N6O2. The fraction of sp³-hybridized carbons (Fsp3) is 0.478. The minimum Gasteiger partial charge on any atom is -0.392 e. The molecule has 0 radical (unpaired) electrons. The second kappa shape index (κ2) is 10.1. The Morgan fingerprint density at radius 2 is 1.79 bits per heavy atom. The molecule has 2 aliphatic rings. The van der Waals surface area contributed by atoms with E-state index in [4.69, 9.17) is 10.6 Å². The first-order chi connectivity index (χ1) is 15.9. The largest absolute Gasteiger partial charge is 0.392 e. The average molecular weight is 459 g/mol. The number of halogens is 2. The molecule has 2 heterocycles. The van der Waals surface area contributed by atoms with E-state index < -0.39 is 17.7 Å². The number of oxime groups is 1. The third-order valence-corrected chi connectivity index (χ3v) is 6.20. The molecule has 176 valence electrons. The number of carbonyl (C=O) groups is 1. The van der Waals surface area contributed by atoms with Crippen molar-refractivity contribution in [3.05, 3.63) is 47.3 Å². The van der Waals surface area contributed by atoms with Gasteiger partial charge in [-0.3, -0.25) is 0 Å². The van der Waals surface area contributed by atoms with Crippen molar-refractivity contribution in [3.63, 3.8) is 0 Å². The fourth-order valence-electron chi connectivity index (χ4n) is 4.32. The lowest BCUT2D eigenvalue weighted by Crippen LogP contribution is -2.37. The maximum Gasteiger partial charge on any atom is 0.316 e. The molecule has 2 aromatic rings. The molecule has 1 aliphatic heterocycles. The Bertz CT molecular complexity index is 1010. The quantitative estimate of drug-likeness (QED) is 0.652. The first-order valence-corrected chi connectivity index (χ1v) is 11.2. The minimum absolute atomic E-state index is 0.0498. The number of nitrogens with one attached hydrogen (secondary N) is 1. The average Bonchev–Trinajstić information content (AvgIpc) is 2.82. The summed E-state index contributed by atoms with van der Waals surface area (Å²) >= 11 is 0. The van der Waals surface area contributed by atoms with E-state index in [2.05, 4.69) is 25.3 Å². The number of amides is 2. The van der Waals surface area contributed by atoms with Crippen LogP contribution in [0.1, 0.15) is 55.6 Å². The SMILES string of the molecule is Cc1cnc(N2CCC(ON=C3CCC(c4ccc(NC(N)=O)c(F)c4F)CC3)CC2)nc1. The van der Waals surface area contributed by atoms with Crippen LogP contribution in [0.2, 0.25) is 0 Å². The fourth-order valence-corrected chi connectivity index (χ4v) is 4.32. The molecule has 33 heavy (non-hydrogen) atoms. The van der Waals surface area contributed by atoms with Gasteiger partial charge in [-0.2, -0.15) is 0 Å². The van der Waals surface area contributed by atoms with Crippen molar-refractivity contribution < 1.29 is 18.4 Å². The van der Waals surface area contributed by atoms with E-state index in [1.165, 1.54) is 12.1 Å². The van der Waals surface area contributed by atoms with E-state index in [1.54, 1.807) is 0 Å². The summed E-state index contributed by atoms with van der Waals surface area (Å²) in [6.07, 6.45) is 8.02. The van der Waals surface area contributed by atoms with Crippen LogP contribution in [0.25, 0.3) is 0 Å². The van der Waals surface area contributed by atoms with Crippen molar-refractivity contribution in [1.29, 1.82) is 0 Å². The normalized spacial score (nSPS) is 19.3. The molecule has 0 bridgehead atoms. The molecule has 10 heteroatoms. The van der Waals surface area contributed by atoms with Crippen LogP contribution in [0, 0.1) is 18.6 Å². The second-order valence-electron chi connectivity index (χ2n) is 8.60. The number of hydrogen-bond donors (Lipinski definition) is 2. The van der Waals surface area contributed by atoms with Gasteiger partial charge in [0.1, 0.15) is 6.10 Å². The molecule has 8 nitrogen and oxygen atoms in total. The van der Waals surface area contributed by atoms with Crippen LogP contribution in [-0.4, -0.2) is 40.9 Å². The van der Waals surface area contributed by atoms with Crippen molar-refractivity contribution >= 4 is 23.4 Å². The highest BCUT2D eigenvalue weighted by Crippen LogP contribution is 2.35. The van der Waals surface area contributed by atoms with Gasteiger partial charge in [-0.05, 0) is 55.7 Å². The molecule has 1 saturated heterocycles.